The van der Waals surface area contributed by atoms with Gasteiger partial charge in [-0.25, -0.2) is 0 Å². The van der Waals surface area contributed by atoms with Crippen LogP contribution >= 0.6 is 0 Å². The van der Waals surface area contributed by atoms with Crippen LogP contribution in [0.25, 0.3) is 98.4 Å². The Labute approximate surface area is 454 Å². The Kier molecular flexibility index (Phi) is 10.4. The molecule has 0 fully saturated rings. The van der Waals surface area contributed by atoms with Crippen molar-refractivity contribution in [3.8, 4) is 33.4 Å². The van der Waals surface area contributed by atoms with Gasteiger partial charge < -0.3 is 14.2 Å². The molecule has 15 rings (SSSR count). The quantitative estimate of drug-likeness (QED) is 0.141. The number of para-hydroxylation sites is 3. The van der Waals surface area contributed by atoms with Crippen LogP contribution in [0.15, 0.2) is 259 Å². The average Bonchev–Trinajstić information content (AvgIpc) is 4.07. The third-order valence-electron chi connectivity index (χ3n) is 16.9. The molecular formula is C75H54N2O. The van der Waals surface area contributed by atoms with Gasteiger partial charge in [-0.2, -0.15) is 0 Å². The summed E-state index contributed by atoms with van der Waals surface area (Å²) in [5, 5.41) is 12.3. The van der Waals surface area contributed by atoms with E-state index in [0.717, 1.165) is 67.2 Å². The van der Waals surface area contributed by atoms with Crippen LogP contribution in [0.5, 0.6) is 0 Å². The molecule has 370 valence electrons. The standard InChI is InChI=1S/C75H54N2O/c1-47-42-50(59-28-17-29-68-67-27-14-15-31-73(67)78-74(59)68)32-37-56(47)57-38-33-52(43-48(57)2)76(53-34-39-64-62-25-11-10-23-60(62)61-24-12-13-26-63(61)69(64)44-53)54-35-40-65-66-41-36-55(46-71(66)75(3,4)70(65)45-54)77(51-20-6-5-7-21-51)72-30-16-19-49-18-8-9-22-58(49)72/h5-46H,1-4H3. The van der Waals surface area contributed by atoms with E-state index in [1.54, 1.807) is 0 Å². The van der Waals surface area contributed by atoms with E-state index in [-0.39, 0.29) is 5.41 Å². The molecule has 78 heavy (non-hydrogen) atoms. The zero-order valence-corrected chi connectivity index (χ0v) is 44.1. The molecular weight excluding hydrogens is 945 g/mol. The lowest BCUT2D eigenvalue weighted by Gasteiger charge is -2.30. The zero-order valence-electron chi connectivity index (χ0n) is 44.1. The average molecular weight is 999 g/mol. The summed E-state index contributed by atoms with van der Waals surface area (Å²) in [6, 6.07) is 93.9. The normalized spacial score (nSPS) is 12.7. The number of aryl methyl sites for hydroxylation is 2. The summed E-state index contributed by atoms with van der Waals surface area (Å²) in [6.45, 7) is 9.29. The minimum Gasteiger partial charge on any atom is -0.455 e. The first kappa shape index (κ1) is 45.7. The summed E-state index contributed by atoms with van der Waals surface area (Å²) in [4.78, 5) is 4.90. The van der Waals surface area contributed by atoms with Crippen LogP contribution in [-0.2, 0) is 5.41 Å². The highest BCUT2D eigenvalue weighted by atomic mass is 16.3. The van der Waals surface area contributed by atoms with Gasteiger partial charge in [0.25, 0.3) is 0 Å². The Morgan fingerprint density at radius 1 is 0.308 bits per heavy atom. The number of nitrogens with zero attached hydrogens (tertiary/aromatic N) is 2. The fraction of sp³-hybridized carbons (Fsp3) is 0.0667. The second-order valence-electron chi connectivity index (χ2n) is 21.7. The van der Waals surface area contributed by atoms with E-state index in [1.807, 2.05) is 6.07 Å². The molecule has 0 atom stereocenters. The Balaban J connectivity index is 0.858. The lowest BCUT2D eigenvalue weighted by molar-refractivity contribution is 0.660. The molecule has 3 nitrogen and oxygen atoms in total. The van der Waals surface area contributed by atoms with Crippen molar-refractivity contribution in [1.82, 2.24) is 0 Å². The van der Waals surface area contributed by atoms with Crippen molar-refractivity contribution in [2.24, 2.45) is 0 Å². The first-order valence-corrected chi connectivity index (χ1v) is 27.1. The molecule has 0 bridgehead atoms. The van der Waals surface area contributed by atoms with E-state index < -0.39 is 0 Å². The van der Waals surface area contributed by atoms with E-state index in [0.29, 0.717) is 0 Å². The van der Waals surface area contributed by atoms with Crippen molar-refractivity contribution in [1.29, 1.82) is 0 Å². The summed E-state index contributed by atoms with van der Waals surface area (Å²) < 4.78 is 6.49. The van der Waals surface area contributed by atoms with Gasteiger partial charge in [0, 0.05) is 55.6 Å². The molecule has 0 spiro atoms. The van der Waals surface area contributed by atoms with E-state index in [4.69, 9.17) is 4.42 Å². The Morgan fingerprint density at radius 2 is 0.795 bits per heavy atom. The largest absolute Gasteiger partial charge is 0.455 e. The maximum absolute atomic E-state index is 6.49. The zero-order chi connectivity index (χ0) is 52.2. The fourth-order valence-electron chi connectivity index (χ4n) is 13.1. The second kappa shape index (κ2) is 17.7. The highest BCUT2D eigenvalue weighted by molar-refractivity contribution is 6.26. The molecule has 0 saturated carbocycles. The topological polar surface area (TPSA) is 19.6 Å². The number of hydrogen-bond donors (Lipinski definition) is 0. The molecule has 1 aliphatic rings. The van der Waals surface area contributed by atoms with Crippen LogP contribution in [0, 0.1) is 13.8 Å². The van der Waals surface area contributed by atoms with Gasteiger partial charge in [0.2, 0.25) is 0 Å². The number of benzene rings is 13. The van der Waals surface area contributed by atoms with Crippen molar-refractivity contribution < 1.29 is 4.42 Å². The van der Waals surface area contributed by atoms with Crippen LogP contribution in [0.3, 0.4) is 0 Å². The van der Waals surface area contributed by atoms with Gasteiger partial charge in [-0.3, -0.25) is 0 Å². The minimum atomic E-state index is -0.304. The SMILES string of the molecule is Cc1cc(-c2cccc3c2oc2ccccc23)ccc1-c1ccc(N(c2ccc3c(c2)C(C)(C)c2cc(N(c4ccccc4)c4cccc5ccccc45)ccc2-3)c2ccc3c4ccccc4c4ccccc4c3c2)cc1C. The van der Waals surface area contributed by atoms with Crippen LogP contribution in [0.1, 0.15) is 36.1 Å². The molecule has 0 N–H and O–H groups in total. The molecule has 1 heterocycles. The van der Waals surface area contributed by atoms with Crippen LogP contribution < -0.4 is 9.80 Å². The maximum Gasteiger partial charge on any atom is 0.143 e. The number of anilines is 6. The summed E-state index contributed by atoms with van der Waals surface area (Å²) in [5.41, 5.74) is 20.6. The molecule has 1 aromatic heterocycles. The van der Waals surface area contributed by atoms with Gasteiger partial charge in [0.15, 0.2) is 0 Å². The molecule has 0 aliphatic heterocycles. The molecule has 0 radical (unpaired) electrons. The molecule has 0 unspecified atom stereocenters. The number of fused-ring (bicyclic) bond motifs is 13. The highest BCUT2D eigenvalue weighted by Crippen LogP contribution is 2.53. The van der Waals surface area contributed by atoms with Gasteiger partial charge in [-0.05, 0) is 174 Å². The third kappa shape index (κ3) is 7.12. The Hall–Kier alpha value is -9.70. The van der Waals surface area contributed by atoms with Crippen LogP contribution in [-0.4, -0.2) is 0 Å². The Morgan fingerprint density at radius 3 is 1.47 bits per heavy atom. The summed E-state index contributed by atoms with van der Waals surface area (Å²) in [5.74, 6) is 0. The van der Waals surface area contributed by atoms with Gasteiger partial charge in [0.1, 0.15) is 11.2 Å². The molecule has 3 heteroatoms. The molecule has 0 saturated heterocycles. The van der Waals surface area contributed by atoms with Gasteiger partial charge in [-0.1, -0.05) is 196 Å². The third-order valence-corrected chi connectivity index (χ3v) is 16.9. The van der Waals surface area contributed by atoms with Crippen LogP contribution in [0.4, 0.5) is 34.1 Å². The van der Waals surface area contributed by atoms with Crippen molar-refractivity contribution in [2.75, 3.05) is 9.80 Å². The molecule has 0 amide bonds. The predicted octanol–water partition coefficient (Wildman–Crippen LogP) is 21.4. The number of hydrogen-bond acceptors (Lipinski definition) is 3. The van der Waals surface area contributed by atoms with Crippen molar-refractivity contribution >= 4 is 99.2 Å². The lowest BCUT2D eigenvalue weighted by atomic mass is 9.82. The van der Waals surface area contributed by atoms with Gasteiger partial charge in [-0.15, -0.1) is 0 Å². The van der Waals surface area contributed by atoms with Gasteiger partial charge >= 0.3 is 0 Å². The van der Waals surface area contributed by atoms with E-state index in [2.05, 4.69) is 286 Å². The molecule has 1 aliphatic carbocycles. The summed E-state index contributed by atoms with van der Waals surface area (Å²) in [7, 11) is 0. The highest BCUT2D eigenvalue weighted by Gasteiger charge is 2.37. The summed E-state index contributed by atoms with van der Waals surface area (Å²) in [6.07, 6.45) is 0. The van der Waals surface area contributed by atoms with Gasteiger partial charge in [0.05, 0.1) is 5.69 Å². The van der Waals surface area contributed by atoms with Crippen molar-refractivity contribution in [2.45, 2.75) is 33.1 Å². The Bertz CT molecular complexity index is 4710. The smallest absolute Gasteiger partial charge is 0.143 e. The lowest BCUT2D eigenvalue weighted by Crippen LogP contribution is -2.18. The van der Waals surface area contributed by atoms with E-state index in [9.17, 15) is 0 Å². The first-order valence-electron chi connectivity index (χ1n) is 27.1. The molecule has 13 aromatic carbocycles. The summed E-state index contributed by atoms with van der Waals surface area (Å²) >= 11 is 0. The monoisotopic (exact) mass is 998 g/mol. The second-order valence-corrected chi connectivity index (χ2v) is 21.7. The predicted molar refractivity (Wildman–Crippen MR) is 331 cm³/mol. The number of furan rings is 1. The van der Waals surface area contributed by atoms with Crippen LogP contribution in [0.2, 0.25) is 0 Å². The maximum atomic E-state index is 6.49. The van der Waals surface area contributed by atoms with E-state index in [1.165, 1.54) is 87.6 Å². The first-order chi connectivity index (χ1) is 38.3. The van der Waals surface area contributed by atoms with E-state index >= 15 is 0 Å². The van der Waals surface area contributed by atoms with Crippen molar-refractivity contribution in [3.05, 3.63) is 277 Å². The molecule has 14 aromatic rings. The minimum absolute atomic E-state index is 0.304. The van der Waals surface area contributed by atoms with Crippen molar-refractivity contribution in [3.63, 3.8) is 0 Å². The number of rotatable bonds is 8. The fourth-order valence-corrected chi connectivity index (χ4v) is 13.1.